The molecular weight excluding hydrogens is 379 g/mol. The van der Waals surface area contributed by atoms with E-state index in [1.54, 1.807) is 0 Å². The number of amides is 2. The second-order valence-electron chi connectivity index (χ2n) is 8.09. The van der Waals surface area contributed by atoms with Gasteiger partial charge in [0.2, 0.25) is 0 Å². The minimum absolute atomic E-state index is 0. The number of carbonyl (C=O) groups is 3. The summed E-state index contributed by atoms with van der Waals surface area (Å²) in [5, 5.41) is 0. The molecule has 0 saturated carbocycles. The first-order valence-corrected chi connectivity index (χ1v) is 8.00. The van der Waals surface area contributed by atoms with Gasteiger partial charge < -0.3 is 18.6 Å². The smallest absolute Gasteiger partial charge is 0.253 e. The number of hydrogen-bond donors (Lipinski definition) is 0. The summed E-state index contributed by atoms with van der Waals surface area (Å²) < 4.78 is 0. The molecule has 0 N–H and O–H groups in total. The third-order valence-corrected chi connectivity index (χ3v) is 3.25. The summed E-state index contributed by atoms with van der Waals surface area (Å²) in [6.45, 7) is 20.2. The number of nitrogens with zero attached hydrogens (tertiary/aromatic N) is 1. The van der Waals surface area contributed by atoms with Gasteiger partial charge in [-0.2, -0.15) is 6.42 Å². The van der Waals surface area contributed by atoms with Crippen molar-refractivity contribution in [3.63, 3.8) is 0 Å². The molecule has 0 spiro atoms. The van der Waals surface area contributed by atoms with Gasteiger partial charge in [-0.1, -0.05) is 48.0 Å². The van der Waals surface area contributed by atoms with E-state index in [2.05, 4.69) is 34.6 Å². The predicted octanol–water partition coefficient (Wildman–Crippen LogP) is 3.62. The van der Waals surface area contributed by atoms with Gasteiger partial charge in [0.1, 0.15) is 5.78 Å². The van der Waals surface area contributed by atoms with Gasteiger partial charge in [-0.15, -0.1) is 5.92 Å². The van der Waals surface area contributed by atoms with Gasteiger partial charge in [0.05, 0.1) is 0 Å². The van der Waals surface area contributed by atoms with E-state index in [-0.39, 0.29) is 67.1 Å². The van der Waals surface area contributed by atoms with Crippen molar-refractivity contribution in [2.24, 2.45) is 16.7 Å². The molecule has 1 radical (unpaired) electrons. The molecule has 2 amide bonds. The standard InChI is InChI=1S/C12H23O.C7H8NO2.Y/c1-9(8-11(2,3)4)10(13)12(5,6)7;1-2-5-8-6(9)3-4-7(8)10;/h9H,1,8H2,2-7H3;3-4H,1-2,5H2;/q2*-1;. The molecule has 1 atom stereocenters. The molecule has 1 heterocycles. The summed E-state index contributed by atoms with van der Waals surface area (Å²) in [4.78, 5) is 34.5. The Hall–Kier alpha value is -0.346. The van der Waals surface area contributed by atoms with Crippen LogP contribution in [0.25, 0.3) is 0 Å². The largest absolute Gasteiger partial charge is 0.342 e. The normalized spacial score (nSPS) is 15.6. The predicted molar refractivity (Wildman–Crippen MR) is 93.2 cm³/mol. The fourth-order valence-electron chi connectivity index (χ4n) is 2.25. The Kier molecular flexibility index (Phi) is 11.4. The zero-order valence-corrected chi connectivity index (χ0v) is 18.9. The Bertz CT molecular complexity index is 452. The Morgan fingerprint density at radius 3 is 1.79 bits per heavy atom. The van der Waals surface area contributed by atoms with Gasteiger partial charge >= 0.3 is 0 Å². The molecule has 1 aliphatic heterocycles. The van der Waals surface area contributed by atoms with Crippen molar-refractivity contribution >= 4 is 17.6 Å². The first-order chi connectivity index (χ1) is 10.3. The van der Waals surface area contributed by atoms with Crippen LogP contribution in [0.1, 0.15) is 54.4 Å². The van der Waals surface area contributed by atoms with Crippen LogP contribution in [-0.2, 0) is 47.1 Å². The molecule has 0 aliphatic carbocycles. The number of Topliss-reactive ketones (excluding diaryl/α,β-unsaturated/α-hetero) is 1. The minimum Gasteiger partial charge on any atom is -0.342 e. The maximum absolute atomic E-state index is 11.8. The quantitative estimate of drug-likeness (QED) is 0.526. The van der Waals surface area contributed by atoms with E-state index in [0.717, 1.165) is 6.42 Å². The SMILES string of the molecule is [CH2-]C(CC(C)(C)C)C(=O)C(C)(C)C.[CH2-]CCN1C(=O)C=CC1=O.[Y]. The van der Waals surface area contributed by atoms with Crippen molar-refractivity contribution in [3.05, 3.63) is 26.0 Å². The molecule has 1 aliphatic rings. The summed E-state index contributed by atoms with van der Waals surface area (Å²) in [7, 11) is 0. The van der Waals surface area contributed by atoms with Gasteiger partial charge in [-0.25, -0.2) is 0 Å². The van der Waals surface area contributed by atoms with Crippen LogP contribution < -0.4 is 0 Å². The number of imide groups is 1. The molecule has 0 saturated heterocycles. The molecule has 0 aromatic carbocycles. The van der Waals surface area contributed by atoms with Crippen LogP contribution in [0.15, 0.2) is 12.2 Å². The Labute approximate surface area is 172 Å². The van der Waals surface area contributed by atoms with Gasteiger partial charge in [-0.3, -0.25) is 14.5 Å². The van der Waals surface area contributed by atoms with Crippen molar-refractivity contribution in [1.82, 2.24) is 4.90 Å². The van der Waals surface area contributed by atoms with Crippen molar-refractivity contribution in [2.45, 2.75) is 54.4 Å². The molecule has 4 nitrogen and oxygen atoms in total. The van der Waals surface area contributed by atoms with E-state index in [1.165, 1.54) is 17.1 Å². The van der Waals surface area contributed by atoms with E-state index >= 15 is 0 Å². The van der Waals surface area contributed by atoms with Crippen LogP contribution in [-0.4, -0.2) is 29.0 Å². The summed E-state index contributed by atoms with van der Waals surface area (Å²) in [6, 6.07) is 0. The number of carbonyl (C=O) groups excluding carboxylic acids is 3. The summed E-state index contributed by atoms with van der Waals surface area (Å²) in [5.41, 5.74) is -0.0645. The second-order valence-corrected chi connectivity index (χ2v) is 8.09. The van der Waals surface area contributed by atoms with Crippen molar-refractivity contribution < 1.29 is 47.1 Å². The van der Waals surface area contributed by atoms with Crippen molar-refractivity contribution in [3.8, 4) is 0 Å². The average Bonchev–Trinajstić information content (AvgIpc) is 2.68. The summed E-state index contributed by atoms with van der Waals surface area (Å²) in [5.74, 6) is -0.260. The fraction of sp³-hybridized carbons (Fsp3) is 0.632. The molecule has 0 bridgehead atoms. The third kappa shape index (κ3) is 9.83. The van der Waals surface area contributed by atoms with Crippen LogP contribution in [0.5, 0.6) is 0 Å². The zero-order chi connectivity index (χ0) is 18.4. The zero-order valence-electron chi connectivity index (χ0n) is 16.0. The van der Waals surface area contributed by atoms with E-state index in [0.29, 0.717) is 13.0 Å². The molecule has 135 valence electrons. The molecule has 1 unspecified atom stereocenters. The third-order valence-electron chi connectivity index (χ3n) is 3.25. The first-order valence-electron chi connectivity index (χ1n) is 8.00. The van der Waals surface area contributed by atoms with E-state index < -0.39 is 0 Å². The maximum Gasteiger partial charge on any atom is 0.253 e. The van der Waals surface area contributed by atoms with Gasteiger partial charge in [0.15, 0.2) is 0 Å². The van der Waals surface area contributed by atoms with Crippen LogP contribution in [0.3, 0.4) is 0 Å². The second kappa shape index (κ2) is 10.6. The van der Waals surface area contributed by atoms with Crippen LogP contribution in [0.2, 0.25) is 0 Å². The Morgan fingerprint density at radius 1 is 1.08 bits per heavy atom. The van der Waals surface area contributed by atoms with Gasteiger partial charge in [0, 0.05) is 56.8 Å². The van der Waals surface area contributed by atoms with E-state index in [9.17, 15) is 14.4 Å². The fourth-order valence-corrected chi connectivity index (χ4v) is 2.25. The number of hydrogen-bond acceptors (Lipinski definition) is 3. The van der Waals surface area contributed by atoms with Gasteiger partial charge in [0.25, 0.3) is 11.8 Å². The topological polar surface area (TPSA) is 54.5 Å². The van der Waals surface area contributed by atoms with E-state index in [4.69, 9.17) is 0 Å². The number of ketones is 1. The minimum atomic E-state index is -0.252. The molecular formula is C19H31NO3Y-2. The molecule has 24 heavy (non-hydrogen) atoms. The van der Waals surface area contributed by atoms with Crippen LogP contribution in [0.4, 0.5) is 0 Å². The summed E-state index contributed by atoms with van der Waals surface area (Å²) >= 11 is 0. The molecule has 0 aromatic heterocycles. The first kappa shape index (κ1) is 25.9. The van der Waals surface area contributed by atoms with Crippen molar-refractivity contribution in [1.29, 1.82) is 0 Å². The van der Waals surface area contributed by atoms with Crippen LogP contribution in [0, 0.1) is 30.6 Å². The number of rotatable bonds is 4. The van der Waals surface area contributed by atoms with Crippen molar-refractivity contribution in [2.75, 3.05) is 6.54 Å². The van der Waals surface area contributed by atoms with Gasteiger partial charge in [-0.05, 0) is 5.41 Å². The van der Waals surface area contributed by atoms with Crippen LogP contribution >= 0.6 is 0 Å². The maximum atomic E-state index is 11.8. The average molecular weight is 410 g/mol. The Morgan fingerprint density at radius 2 is 1.50 bits per heavy atom. The monoisotopic (exact) mass is 410 g/mol. The molecule has 0 aromatic rings. The molecule has 0 fully saturated rings. The van der Waals surface area contributed by atoms with E-state index in [1.807, 2.05) is 20.8 Å². The summed E-state index contributed by atoms with van der Waals surface area (Å²) in [6.07, 6.45) is 3.98. The molecule has 1 rings (SSSR count). The molecule has 5 heteroatoms. The Balaban J connectivity index is 0.